The fourth-order valence-corrected chi connectivity index (χ4v) is 3.49. The van der Waals surface area contributed by atoms with E-state index in [0.717, 1.165) is 4.88 Å². The number of aryl methyl sites for hydroxylation is 1. The average molecular weight is 367 g/mol. The summed E-state index contributed by atoms with van der Waals surface area (Å²) >= 11 is 2.95. The third kappa shape index (κ3) is 5.38. The molecule has 130 valence electrons. The van der Waals surface area contributed by atoms with Gasteiger partial charge in [0.25, 0.3) is 0 Å². The maximum absolute atomic E-state index is 12.3. The van der Waals surface area contributed by atoms with Gasteiger partial charge in [-0.15, -0.1) is 23.1 Å². The average Bonchev–Trinajstić information content (AvgIpc) is 3.21. The Labute approximate surface area is 149 Å². The Morgan fingerprint density at radius 2 is 2.29 bits per heavy atom. The van der Waals surface area contributed by atoms with E-state index in [0.29, 0.717) is 24.7 Å². The maximum atomic E-state index is 12.3. The molecular weight excluding hydrogens is 346 g/mol. The Bertz CT molecular complexity index is 670. The number of carbonyl (C=O) groups excluding carboxylic acids is 2. The minimum atomic E-state index is -0.355. The lowest BCUT2D eigenvalue weighted by molar-refractivity contribution is -0.128. The fraction of sp³-hybridized carbons (Fsp3) is 0.438. The molecule has 0 radical (unpaired) electrons. The number of nitrogens with zero attached hydrogens (tertiary/aromatic N) is 2. The number of aromatic nitrogens is 1. The predicted octanol–water partition coefficient (Wildman–Crippen LogP) is 3.15. The van der Waals surface area contributed by atoms with Crippen LogP contribution in [-0.4, -0.2) is 39.4 Å². The molecule has 0 saturated carbocycles. The summed E-state index contributed by atoms with van der Waals surface area (Å²) in [6.07, 6.45) is 0. The van der Waals surface area contributed by atoms with Gasteiger partial charge in [0.15, 0.2) is 5.82 Å². The van der Waals surface area contributed by atoms with Crippen molar-refractivity contribution in [2.24, 2.45) is 0 Å². The molecule has 24 heavy (non-hydrogen) atoms. The van der Waals surface area contributed by atoms with Crippen molar-refractivity contribution in [3.8, 4) is 0 Å². The molecule has 2 aromatic rings. The largest absolute Gasteiger partial charge is 0.360 e. The van der Waals surface area contributed by atoms with Gasteiger partial charge in [0.05, 0.1) is 17.5 Å². The summed E-state index contributed by atoms with van der Waals surface area (Å²) < 4.78 is 4.91. The summed E-state index contributed by atoms with van der Waals surface area (Å²) in [4.78, 5) is 27.4. The monoisotopic (exact) mass is 367 g/mol. The Morgan fingerprint density at radius 1 is 1.50 bits per heavy atom. The maximum Gasteiger partial charge on any atom is 0.238 e. The van der Waals surface area contributed by atoms with Gasteiger partial charge in [-0.25, -0.2) is 0 Å². The lowest BCUT2D eigenvalue weighted by Gasteiger charge is -2.20. The van der Waals surface area contributed by atoms with Crippen molar-refractivity contribution >= 4 is 40.7 Å². The smallest absolute Gasteiger partial charge is 0.238 e. The van der Waals surface area contributed by atoms with E-state index >= 15 is 0 Å². The van der Waals surface area contributed by atoms with Gasteiger partial charge in [-0.3, -0.25) is 9.59 Å². The molecule has 2 aromatic heterocycles. The van der Waals surface area contributed by atoms with E-state index < -0.39 is 0 Å². The molecule has 0 aliphatic heterocycles. The Morgan fingerprint density at radius 3 is 2.88 bits per heavy atom. The van der Waals surface area contributed by atoms with Crippen molar-refractivity contribution in [3.05, 3.63) is 34.2 Å². The van der Waals surface area contributed by atoms with E-state index in [1.54, 1.807) is 36.2 Å². The fourth-order valence-electron chi connectivity index (χ4n) is 1.98. The van der Waals surface area contributed by atoms with Crippen molar-refractivity contribution < 1.29 is 14.1 Å². The molecule has 2 amide bonds. The van der Waals surface area contributed by atoms with E-state index in [2.05, 4.69) is 10.5 Å². The van der Waals surface area contributed by atoms with Gasteiger partial charge in [0.2, 0.25) is 11.8 Å². The first-order valence-corrected chi connectivity index (χ1v) is 9.58. The molecular formula is C16H21N3O3S2. The molecule has 8 heteroatoms. The summed E-state index contributed by atoms with van der Waals surface area (Å²) in [5.74, 6) is 1.14. The number of amides is 2. The highest BCUT2D eigenvalue weighted by Crippen LogP contribution is 2.17. The van der Waals surface area contributed by atoms with Crippen LogP contribution >= 0.6 is 23.1 Å². The van der Waals surface area contributed by atoms with Crippen LogP contribution < -0.4 is 5.32 Å². The van der Waals surface area contributed by atoms with E-state index in [4.69, 9.17) is 4.52 Å². The van der Waals surface area contributed by atoms with Crippen molar-refractivity contribution in [2.75, 3.05) is 17.6 Å². The molecule has 6 nitrogen and oxygen atoms in total. The molecule has 2 rings (SSSR count). The summed E-state index contributed by atoms with van der Waals surface area (Å²) in [6.45, 7) is 6.75. The third-order valence-corrected chi connectivity index (χ3v) is 5.36. The molecule has 1 atom stereocenters. The van der Waals surface area contributed by atoms with Crippen LogP contribution in [0, 0.1) is 6.92 Å². The van der Waals surface area contributed by atoms with Gasteiger partial charge in [0, 0.05) is 17.5 Å². The van der Waals surface area contributed by atoms with Crippen LogP contribution in [-0.2, 0) is 16.1 Å². The topological polar surface area (TPSA) is 75.4 Å². The summed E-state index contributed by atoms with van der Waals surface area (Å²) in [5, 5.41) is 8.05. The minimum Gasteiger partial charge on any atom is -0.360 e. The van der Waals surface area contributed by atoms with Gasteiger partial charge in [-0.2, -0.15) is 0 Å². The highest BCUT2D eigenvalue weighted by molar-refractivity contribution is 8.01. The zero-order valence-electron chi connectivity index (χ0n) is 13.9. The SMILES string of the molecule is CCN(Cc1cccs1)C(=O)CSC(C)C(=O)Nc1cc(C)on1. The van der Waals surface area contributed by atoms with Crippen molar-refractivity contribution in [3.63, 3.8) is 0 Å². The zero-order chi connectivity index (χ0) is 17.5. The van der Waals surface area contributed by atoms with E-state index in [1.165, 1.54) is 11.8 Å². The van der Waals surface area contributed by atoms with Gasteiger partial charge >= 0.3 is 0 Å². The van der Waals surface area contributed by atoms with Crippen LogP contribution in [0.1, 0.15) is 24.5 Å². The molecule has 0 fully saturated rings. The molecule has 0 aliphatic carbocycles. The Balaban J connectivity index is 1.79. The highest BCUT2D eigenvalue weighted by Gasteiger charge is 2.19. The molecule has 2 heterocycles. The first-order chi connectivity index (χ1) is 11.5. The van der Waals surface area contributed by atoms with Gasteiger partial charge in [-0.05, 0) is 32.2 Å². The molecule has 0 spiro atoms. The predicted molar refractivity (Wildman–Crippen MR) is 97.2 cm³/mol. The molecule has 0 bridgehead atoms. The first kappa shape index (κ1) is 18.5. The van der Waals surface area contributed by atoms with Crippen LogP contribution in [0.15, 0.2) is 28.1 Å². The number of thioether (sulfide) groups is 1. The first-order valence-electron chi connectivity index (χ1n) is 7.65. The van der Waals surface area contributed by atoms with Crippen molar-refractivity contribution in [2.45, 2.75) is 32.6 Å². The van der Waals surface area contributed by atoms with Crippen LogP contribution in [0.25, 0.3) is 0 Å². The second kappa shape index (κ2) is 8.89. The molecule has 1 N–H and O–H groups in total. The number of hydrogen-bond donors (Lipinski definition) is 1. The number of anilines is 1. The quantitative estimate of drug-likeness (QED) is 0.776. The summed E-state index contributed by atoms with van der Waals surface area (Å²) in [6, 6.07) is 5.65. The number of hydrogen-bond acceptors (Lipinski definition) is 6. The van der Waals surface area contributed by atoms with E-state index in [1.807, 2.05) is 24.4 Å². The van der Waals surface area contributed by atoms with Crippen molar-refractivity contribution in [1.82, 2.24) is 10.1 Å². The van der Waals surface area contributed by atoms with E-state index in [-0.39, 0.29) is 22.8 Å². The molecule has 0 aromatic carbocycles. The van der Waals surface area contributed by atoms with Crippen LogP contribution in [0.2, 0.25) is 0 Å². The van der Waals surface area contributed by atoms with Crippen LogP contribution in [0.4, 0.5) is 5.82 Å². The zero-order valence-corrected chi connectivity index (χ0v) is 15.6. The van der Waals surface area contributed by atoms with Gasteiger partial charge in [0.1, 0.15) is 5.76 Å². The normalized spacial score (nSPS) is 12.0. The number of nitrogens with one attached hydrogen (secondary N) is 1. The number of thiophene rings is 1. The third-order valence-electron chi connectivity index (χ3n) is 3.37. The number of rotatable bonds is 8. The second-order valence-corrected chi connectivity index (χ2v) is 7.61. The van der Waals surface area contributed by atoms with Crippen LogP contribution in [0.5, 0.6) is 0 Å². The summed E-state index contributed by atoms with van der Waals surface area (Å²) in [5.41, 5.74) is 0. The minimum absolute atomic E-state index is 0.0350. The Hall–Kier alpha value is -1.80. The van der Waals surface area contributed by atoms with Gasteiger partial charge < -0.3 is 14.7 Å². The van der Waals surface area contributed by atoms with Gasteiger partial charge in [-0.1, -0.05) is 11.2 Å². The molecule has 0 saturated heterocycles. The molecule has 1 unspecified atom stereocenters. The van der Waals surface area contributed by atoms with Crippen LogP contribution in [0.3, 0.4) is 0 Å². The van der Waals surface area contributed by atoms with E-state index in [9.17, 15) is 9.59 Å². The van der Waals surface area contributed by atoms with Crippen molar-refractivity contribution in [1.29, 1.82) is 0 Å². The second-order valence-electron chi connectivity index (χ2n) is 5.25. The lowest BCUT2D eigenvalue weighted by Crippen LogP contribution is -2.33. The standard InChI is InChI=1S/C16H21N3O3S2/c1-4-19(9-13-6-5-7-23-13)15(20)10-24-12(3)16(21)17-14-8-11(2)22-18-14/h5-8,12H,4,9-10H2,1-3H3,(H,17,18,21). The summed E-state index contributed by atoms with van der Waals surface area (Å²) in [7, 11) is 0. The highest BCUT2D eigenvalue weighted by atomic mass is 32.2. The molecule has 0 aliphatic rings. The Kier molecular flexibility index (Phi) is 6.86. The lowest BCUT2D eigenvalue weighted by atomic mass is 10.4. The number of carbonyl (C=O) groups is 2.